The van der Waals surface area contributed by atoms with Crippen LogP contribution in [0.4, 0.5) is 4.79 Å². The number of halogens is 1. The largest absolute Gasteiger partial charge is 0.481 e. The van der Waals surface area contributed by atoms with E-state index >= 15 is 0 Å². The van der Waals surface area contributed by atoms with Crippen LogP contribution in [0.3, 0.4) is 0 Å². The molecular formula is C21H16BrNO6S. The van der Waals surface area contributed by atoms with Crippen molar-refractivity contribution in [2.75, 3.05) is 20.3 Å². The molecular weight excluding hydrogens is 474 g/mol. The minimum atomic E-state index is -0.562. The van der Waals surface area contributed by atoms with Crippen molar-refractivity contribution in [3.8, 4) is 5.75 Å². The van der Waals surface area contributed by atoms with Crippen LogP contribution in [-0.2, 0) is 14.3 Å². The monoisotopic (exact) mass is 489 g/mol. The van der Waals surface area contributed by atoms with Crippen LogP contribution >= 0.6 is 27.7 Å². The van der Waals surface area contributed by atoms with E-state index in [9.17, 15) is 19.2 Å². The van der Waals surface area contributed by atoms with Crippen molar-refractivity contribution in [2.24, 2.45) is 0 Å². The highest BCUT2D eigenvalue weighted by molar-refractivity contribution is 9.10. The highest BCUT2D eigenvalue weighted by atomic mass is 79.9. The highest BCUT2D eigenvalue weighted by Gasteiger charge is 2.36. The van der Waals surface area contributed by atoms with Crippen molar-refractivity contribution >= 4 is 56.7 Å². The van der Waals surface area contributed by atoms with Crippen LogP contribution in [0.2, 0.25) is 0 Å². The van der Waals surface area contributed by atoms with Crippen LogP contribution in [0.25, 0.3) is 6.08 Å². The van der Waals surface area contributed by atoms with Crippen molar-refractivity contribution in [3.63, 3.8) is 0 Å². The van der Waals surface area contributed by atoms with Crippen LogP contribution in [0, 0.1) is 0 Å². The number of nitrogens with zero attached hydrogens (tertiary/aromatic N) is 1. The van der Waals surface area contributed by atoms with Crippen LogP contribution in [0.5, 0.6) is 5.75 Å². The predicted octanol–water partition coefficient (Wildman–Crippen LogP) is 3.92. The van der Waals surface area contributed by atoms with Gasteiger partial charge in [-0.3, -0.25) is 19.3 Å². The summed E-state index contributed by atoms with van der Waals surface area (Å²) in [5.41, 5.74) is 0.916. The van der Waals surface area contributed by atoms with E-state index < -0.39 is 17.1 Å². The number of Topliss-reactive ketones (excluding diaryl/α,β-unsaturated/α-hetero) is 1. The molecule has 0 N–H and O–H groups in total. The Kier molecular flexibility index (Phi) is 7.07. The number of ketones is 1. The molecule has 1 aliphatic rings. The third-order valence-corrected chi connectivity index (χ3v) is 5.50. The molecule has 154 valence electrons. The van der Waals surface area contributed by atoms with Gasteiger partial charge in [0.15, 0.2) is 12.4 Å². The van der Waals surface area contributed by atoms with E-state index in [-0.39, 0.29) is 23.8 Å². The quantitative estimate of drug-likeness (QED) is 0.330. The van der Waals surface area contributed by atoms with Crippen LogP contribution in [0.15, 0.2) is 57.9 Å². The molecule has 9 heteroatoms. The Hall–Kier alpha value is -2.91. The molecule has 0 atom stereocenters. The predicted molar refractivity (Wildman–Crippen MR) is 115 cm³/mol. The second-order valence-corrected chi connectivity index (χ2v) is 8.01. The third kappa shape index (κ3) is 5.17. The van der Waals surface area contributed by atoms with Crippen molar-refractivity contribution in [3.05, 3.63) is 69.0 Å². The van der Waals surface area contributed by atoms with Crippen molar-refractivity contribution < 1.29 is 28.7 Å². The van der Waals surface area contributed by atoms with Crippen LogP contribution in [0.1, 0.15) is 15.9 Å². The van der Waals surface area contributed by atoms with Gasteiger partial charge < -0.3 is 9.47 Å². The molecule has 3 rings (SSSR count). The van der Waals surface area contributed by atoms with Gasteiger partial charge in [0.05, 0.1) is 18.6 Å². The zero-order valence-corrected chi connectivity index (χ0v) is 18.2. The zero-order chi connectivity index (χ0) is 21.7. The highest BCUT2D eigenvalue weighted by Crippen LogP contribution is 2.35. The first-order valence-corrected chi connectivity index (χ1v) is 10.3. The van der Waals surface area contributed by atoms with Gasteiger partial charge in [-0.15, -0.1) is 0 Å². The van der Waals surface area contributed by atoms with Crippen LogP contribution in [-0.4, -0.2) is 48.1 Å². The summed E-state index contributed by atoms with van der Waals surface area (Å²) in [6.07, 6.45) is 1.50. The number of carbonyl (C=O) groups excluding carboxylic acids is 4. The number of methoxy groups -OCH3 is 1. The number of imide groups is 1. The fourth-order valence-corrected chi connectivity index (χ4v) is 3.80. The third-order valence-electron chi connectivity index (χ3n) is 4.10. The molecule has 2 amide bonds. The molecule has 1 heterocycles. The number of rotatable bonds is 7. The first kappa shape index (κ1) is 21.8. The SMILES string of the molecule is COC(=O)COc1ccc(Br)cc1/C=C1/SC(=O)N(CC(=O)c2ccccc2)C1=O. The maximum absolute atomic E-state index is 12.7. The van der Waals surface area contributed by atoms with Gasteiger partial charge in [0.2, 0.25) is 0 Å². The van der Waals surface area contributed by atoms with Gasteiger partial charge in [-0.25, -0.2) is 4.79 Å². The molecule has 1 aliphatic heterocycles. The fraction of sp³-hybridized carbons (Fsp3) is 0.143. The lowest BCUT2D eigenvalue weighted by atomic mass is 10.1. The molecule has 0 unspecified atom stereocenters. The first-order chi connectivity index (χ1) is 14.4. The Balaban J connectivity index is 1.80. The molecule has 1 saturated heterocycles. The average Bonchev–Trinajstić information content (AvgIpc) is 3.00. The molecule has 7 nitrogen and oxygen atoms in total. The number of benzene rings is 2. The number of esters is 1. The van der Waals surface area contributed by atoms with Gasteiger partial charge in [-0.1, -0.05) is 46.3 Å². The summed E-state index contributed by atoms with van der Waals surface area (Å²) in [5.74, 6) is -1.10. The van der Waals surface area contributed by atoms with Gasteiger partial charge in [0.1, 0.15) is 5.75 Å². The fourth-order valence-electron chi connectivity index (χ4n) is 2.60. The van der Waals surface area contributed by atoms with Crippen molar-refractivity contribution in [1.29, 1.82) is 0 Å². The maximum atomic E-state index is 12.7. The molecule has 2 aromatic rings. The van der Waals surface area contributed by atoms with Gasteiger partial charge in [-0.05, 0) is 36.0 Å². The summed E-state index contributed by atoms with van der Waals surface area (Å²) in [7, 11) is 1.25. The number of hydrogen-bond donors (Lipinski definition) is 0. The number of thioether (sulfide) groups is 1. The smallest absolute Gasteiger partial charge is 0.343 e. The standard InChI is InChI=1S/C21H16BrNO6S/c1-28-19(25)12-29-17-8-7-15(22)9-14(17)10-18-20(26)23(21(27)30-18)11-16(24)13-5-3-2-4-6-13/h2-10H,11-12H2,1H3/b18-10+. The number of amides is 2. The molecule has 0 bridgehead atoms. The Morgan fingerprint density at radius 2 is 1.87 bits per heavy atom. The minimum Gasteiger partial charge on any atom is -0.481 e. The summed E-state index contributed by atoms with van der Waals surface area (Å²) in [4.78, 5) is 49.9. The Bertz CT molecular complexity index is 1040. The lowest BCUT2D eigenvalue weighted by molar-refractivity contribution is -0.142. The van der Waals surface area contributed by atoms with Gasteiger partial charge in [0, 0.05) is 15.6 Å². The van der Waals surface area contributed by atoms with E-state index in [2.05, 4.69) is 20.7 Å². The number of hydrogen-bond acceptors (Lipinski definition) is 7. The van der Waals surface area contributed by atoms with E-state index in [1.54, 1.807) is 48.5 Å². The molecule has 1 fully saturated rings. The lowest BCUT2D eigenvalue weighted by Crippen LogP contribution is -2.33. The summed E-state index contributed by atoms with van der Waals surface area (Å²) in [6.45, 7) is -0.637. The Labute approximate surface area is 185 Å². The Morgan fingerprint density at radius 3 is 2.57 bits per heavy atom. The van der Waals surface area contributed by atoms with Crippen LogP contribution < -0.4 is 4.74 Å². The summed E-state index contributed by atoms with van der Waals surface area (Å²) < 4.78 is 10.7. The molecule has 0 saturated carbocycles. The topological polar surface area (TPSA) is 90.0 Å². The van der Waals surface area contributed by atoms with Crippen molar-refractivity contribution in [1.82, 2.24) is 4.90 Å². The summed E-state index contributed by atoms with van der Waals surface area (Å²) in [5, 5.41) is -0.525. The minimum absolute atomic E-state index is 0.155. The zero-order valence-electron chi connectivity index (χ0n) is 15.8. The average molecular weight is 490 g/mol. The van der Waals surface area contributed by atoms with Gasteiger partial charge in [0.25, 0.3) is 11.1 Å². The van der Waals surface area contributed by atoms with E-state index in [0.29, 0.717) is 16.9 Å². The number of ether oxygens (including phenoxy) is 2. The number of carbonyl (C=O) groups is 4. The second kappa shape index (κ2) is 9.73. The van der Waals surface area contributed by atoms with E-state index in [0.717, 1.165) is 21.1 Å². The first-order valence-electron chi connectivity index (χ1n) is 8.72. The molecule has 30 heavy (non-hydrogen) atoms. The molecule has 0 spiro atoms. The second-order valence-electron chi connectivity index (χ2n) is 6.10. The van der Waals surface area contributed by atoms with Crippen molar-refractivity contribution in [2.45, 2.75) is 0 Å². The van der Waals surface area contributed by atoms with E-state index in [1.165, 1.54) is 13.2 Å². The van der Waals surface area contributed by atoms with E-state index in [4.69, 9.17) is 4.74 Å². The van der Waals surface area contributed by atoms with E-state index in [1.807, 2.05) is 0 Å². The Morgan fingerprint density at radius 1 is 1.13 bits per heavy atom. The normalized spacial score (nSPS) is 14.9. The van der Waals surface area contributed by atoms with Gasteiger partial charge >= 0.3 is 5.97 Å². The lowest BCUT2D eigenvalue weighted by Gasteiger charge is -2.11. The molecule has 0 aliphatic carbocycles. The van der Waals surface area contributed by atoms with Gasteiger partial charge in [-0.2, -0.15) is 0 Å². The molecule has 0 radical (unpaired) electrons. The summed E-state index contributed by atoms with van der Waals surface area (Å²) in [6, 6.07) is 13.5. The maximum Gasteiger partial charge on any atom is 0.343 e. The molecule has 2 aromatic carbocycles. The summed E-state index contributed by atoms with van der Waals surface area (Å²) >= 11 is 4.09. The molecule has 0 aromatic heterocycles.